The highest BCUT2D eigenvalue weighted by Crippen LogP contribution is 2.21. The summed E-state index contributed by atoms with van der Waals surface area (Å²) in [5.74, 6) is -0.619. The number of aromatic carboxylic acids is 1. The Labute approximate surface area is 125 Å². The number of amides is 1. The van der Waals surface area contributed by atoms with Crippen LogP contribution in [0.3, 0.4) is 0 Å². The van der Waals surface area contributed by atoms with E-state index < -0.39 is 5.97 Å². The third-order valence-electron chi connectivity index (χ3n) is 2.58. The topological polar surface area (TPSA) is 75.6 Å². The number of carbonyl (C=O) groups excluding carboxylic acids is 1. The molecular formula is C15H13NO4S. The van der Waals surface area contributed by atoms with Crippen LogP contribution in [0.5, 0.6) is 5.75 Å². The molecule has 1 amide bonds. The fourth-order valence-corrected chi connectivity index (χ4v) is 2.35. The average molecular weight is 303 g/mol. The quantitative estimate of drug-likeness (QED) is 0.832. The van der Waals surface area contributed by atoms with Crippen LogP contribution in [-0.2, 0) is 4.79 Å². The number of hydrogen-bond donors (Lipinski definition) is 2. The van der Waals surface area contributed by atoms with Crippen molar-refractivity contribution in [1.82, 2.24) is 0 Å². The number of carboxylic acids is 1. The zero-order valence-corrected chi connectivity index (χ0v) is 12.0. The van der Waals surface area contributed by atoms with Gasteiger partial charge in [0, 0.05) is 6.08 Å². The summed E-state index contributed by atoms with van der Waals surface area (Å²) in [6.45, 7) is 0. The van der Waals surface area contributed by atoms with Gasteiger partial charge in [-0.15, -0.1) is 11.3 Å². The Morgan fingerprint density at radius 1 is 1.29 bits per heavy atom. The van der Waals surface area contributed by atoms with Crippen molar-refractivity contribution >= 4 is 34.3 Å². The molecule has 0 radical (unpaired) electrons. The Kier molecular flexibility index (Phi) is 4.73. The number of thiophene rings is 1. The number of carboxylic acid groups (broad SMARTS) is 1. The van der Waals surface area contributed by atoms with Crippen molar-refractivity contribution in [3.63, 3.8) is 0 Å². The van der Waals surface area contributed by atoms with Crippen molar-refractivity contribution in [2.75, 3.05) is 12.4 Å². The average Bonchev–Trinajstić information content (AvgIpc) is 2.94. The Hall–Kier alpha value is -2.60. The molecule has 0 atom stereocenters. The lowest BCUT2D eigenvalue weighted by Gasteiger charge is -2.00. The molecular weight excluding hydrogens is 290 g/mol. The van der Waals surface area contributed by atoms with Crippen molar-refractivity contribution in [2.45, 2.75) is 0 Å². The maximum Gasteiger partial charge on any atom is 0.345 e. The SMILES string of the molecule is COc1cccc(/C=C/C(=O)Nc2ccc(C(=O)O)s2)c1. The molecule has 5 nitrogen and oxygen atoms in total. The van der Waals surface area contributed by atoms with Crippen molar-refractivity contribution < 1.29 is 19.4 Å². The molecule has 1 aromatic heterocycles. The first-order chi connectivity index (χ1) is 10.1. The van der Waals surface area contributed by atoms with Gasteiger partial charge in [-0.05, 0) is 35.9 Å². The van der Waals surface area contributed by atoms with Gasteiger partial charge in [0.2, 0.25) is 5.91 Å². The van der Waals surface area contributed by atoms with Crippen LogP contribution in [0.25, 0.3) is 6.08 Å². The van der Waals surface area contributed by atoms with E-state index in [0.29, 0.717) is 10.8 Å². The van der Waals surface area contributed by atoms with Gasteiger partial charge in [0.15, 0.2) is 0 Å². The van der Waals surface area contributed by atoms with Gasteiger partial charge in [-0.2, -0.15) is 0 Å². The third kappa shape index (κ3) is 4.19. The first kappa shape index (κ1) is 14.8. The molecule has 0 saturated heterocycles. The monoisotopic (exact) mass is 303 g/mol. The lowest BCUT2D eigenvalue weighted by molar-refractivity contribution is -0.111. The molecule has 1 aromatic carbocycles. The van der Waals surface area contributed by atoms with Gasteiger partial charge in [-0.25, -0.2) is 4.79 Å². The number of rotatable bonds is 5. The van der Waals surface area contributed by atoms with Crippen molar-refractivity contribution in [3.8, 4) is 5.75 Å². The predicted molar refractivity (Wildman–Crippen MR) is 81.9 cm³/mol. The summed E-state index contributed by atoms with van der Waals surface area (Å²) in [6.07, 6.45) is 3.04. The van der Waals surface area contributed by atoms with E-state index >= 15 is 0 Å². The second kappa shape index (κ2) is 6.71. The summed E-state index contributed by atoms with van der Waals surface area (Å²) in [4.78, 5) is 22.7. The predicted octanol–water partition coefficient (Wildman–Crippen LogP) is 3.11. The summed E-state index contributed by atoms with van der Waals surface area (Å²) >= 11 is 1.01. The van der Waals surface area contributed by atoms with E-state index in [9.17, 15) is 9.59 Å². The normalized spacial score (nSPS) is 10.5. The second-order valence-electron chi connectivity index (χ2n) is 4.07. The van der Waals surface area contributed by atoms with Crippen LogP contribution in [0.4, 0.5) is 5.00 Å². The van der Waals surface area contributed by atoms with Gasteiger partial charge in [0.1, 0.15) is 10.6 Å². The van der Waals surface area contributed by atoms with Gasteiger partial charge < -0.3 is 15.2 Å². The molecule has 0 unspecified atom stereocenters. The number of hydrogen-bond acceptors (Lipinski definition) is 4. The van der Waals surface area contributed by atoms with Crippen LogP contribution in [0.2, 0.25) is 0 Å². The molecule has 108 valence electrons. The van der Waals surface area contributed by atoms with E-state index in [-0.39, 0.29) is 10.8 Å². The lowest BCUT2D eigenvalue weighted by atomic mass is 10.2. The van der Waals surface area contributed by atoms with Gasteiger partial charge in [-0.3, -0.25) is 4.79 Å². The molecule has 0 fully saturated rings. The van der Waals surface area contributed by atoms with Crippen molar-refractivity contribution in [1.29, 1.82) is 0 Å². The summed E-state index contributed by atoms with van der Waals surface area (Å²) in [5, 5.41) is 11.9. The molecule has 0 aliphatic carbocycles. The van der Waals surface area contributed by atoms with Crippen LogP contribution in [0.15, 0.2) is 42.5 Å². The summed E-state index contributed by atoms with van der Waals surface area (Å²) in [7, 11) is 1.58. The molecule has 0 aliphatic rings. The zero-order valence-electron chi connectivity index (χ0n) is 11.2. The Bertz CT molecular complexity index is 690. The molecule has 6 heteroatoms. The smallest absolute Gasteiger partial charge is 0.345 e. The van der Waals surface area contributed by atoms with E-state index in [1.54, 1.807) is 25.3 Å². The first-order valence-corrected chi connectivity index (χ1v) is 6.86. The number of nitrogens with one attached hydrogen (secondary N) is 1. The van der Waals surface area contributed by atoms with Gasteiger partial charge in [0.05, 0.1) is 12.1 Å². The van der Waals surface area contributed by atoms with Crippen LogP contribution in [-0.4, -0.2) is 24.1 Å². The maximum atomic E-state index is 11.7. The fourth-order valence-electron chi connectivity index (χ4n) is 1.60. The molecule has 0 aliphatic heterocycles. The summed E-state index contributed by atoms with van der Waals surface area (Å²) in [5.41, 5.74) is 0.835. The Balaban J connectivity index is 2.00. The molecule has 1 heterocycles. The van der Waals surface area contributed by atoms with Gasteiger partial charge >= 0.3 is 5.97 Å². The Morgan fingerprint density at radius 3 is 2.76 bits per heavy atom. The van der Waals surface area contributed by atoms with Crippen LogP contribution in [0.1, 0.15) is 15.2 Å². The summed E-state index contributed by atoms with van der Waals surface area (Å²) < 4.78 is 5.09. The van der Waals surface area contributed by atoms with E-state index in [2.05, 4.69) is 5.32 Å². The first-order valence-electron chi connectivity index (χ1n) is 6.05. The van der Waals surface area contributed by atoms with E-state index in [0.717, 1.165) is 16.9 Å². The number of benzene rings is 1. The molecule has 0 bridgehead atoms. The highest BCUT2D eigenvalue weighted by Gasteiger charge is 2.07. The van der Waals surface area contributed by atoms with Crippen LogP contribution >= 0.6 is 11.3 Å². The lowest BCUT2D eigenvalue weighted by Crippen LogP contribution is -2.06. The molecule has 2 N–H and O–H groups in total. The van der Waals surface area contributed by atoms with E-state index in [1.165, 1.54) is 12.1 Å². The maximum absolute atomic E-state index is 11.7. The highest BCUT2D eigenvalue weighted by molar-refractivity contribution is 7.18. The Morgan fingerprint density at radius 2 is 2.10 bits per heavy atom. The molecule has 0 spiro atoms. The van der Waals surface area contributed by atoms with Crippen LogP contribution in [0, 0.1) is 0 Å². The zero-order chi connectivity index (χ0) is 15.2. The van der Waals surface area contributed by atoms with Crippen molar-refractivity contribution in [3.05, 3.63) is 52.9 Å². The molecule has 0 saturated carbocycles. The standard InChI is InChI=1S/C15H13NO4S/c1-20-11-4-2-3-10(9-11)5-7-13(17)16-14-8-6-12(21-14)15(18)19/h2-9H,1H3,(H,16,17)(H,18,19)/b7-5+. The van der Waals surface area contributed by atoms with Crippen LogP contribution < -0.4 is 10.1 Å². The number of methoxy groups -OCH3 is 1. The van der Waals surface area contributed by atoms with Gasteiger partial charge in [-0.1, -0.05) is 12.1 Å². The van der Waals surface area contributed by atoms with Crippen molar-refractivity contribution in [2.24, 2.45) is 0 Å². The number of anilines is 1. The number of carbonyl (C=O) groups is 2. The minimum Gasteiger partial charge on any atom is -0.497 e. The molecule has 21 heavy (non-hydrogen) atoms. The molecule has 2 rings (SSSR count). The van der Waals surface area contributed by atoms with E-state index in [1.807, 2.05) is 18.2 Å². The number of ether oxygens (including phenoxy) is 1. The molecule has 2 aromatic rings. The van der Waals surface area contributed by atoms with E-state index in [4.69, 9.17) is 9.84 Å². The van der Waals surface area contributed by atoms with Gasteiger partial charge in [0.25, 0.3) is 0 Å². The fraction of sp³-hybridized carbons (Fsp3) is 0.0667. The third-order valence-corrected chi connectivity index (χ3v) is 3.57. The minimum absolute atomic E-state index is 0.182. The second-order valence-corrected chi connectivity index (χ2v) is 5.15. The largest absolute Gasteiger partial charge is 0.497 e. The summed E-state index contributed by atoms with van der Waals surface area (Å²) in [6, 6.07) is 10.3. The highest BCUT2D eigenvalue weighted by atomic mass is 32.1. The minimum atomic E-state index is -1.01.